The van der Waals surface area contributed by atoms with E-state index in [-0.39, 0.29) is 29.1 Å². The third-order valence-corrected chi connectivity index (χ3v) is 5.28. The summed E-state index contributed by atoms with van der Waals surface area (Å²) in [4.78, 5) is 19.9. The van der Waals surface area contributed by atoms with Crippen LogP contribution in [0.25, 0.3) is 0 Å². The minimum absolute atomic E-state index is 0.0101. The van der Waals surface area contributed by atoms with E-state index in [9.17, 15) is 13.2 Å². The van der Waals surface area contributed by atoms with Crippen molar-refractivity contribution in [3.05, 3.63) is 66.5 Å². The van der Waals surface area contributed by atoms with Gasteiger partial charge >= 0.3 is 0 Å². The molecule has 0 saturated carbocycles. The molecule has 0 atom stereocenters. The molecule has 3 aromatic rings. The molecule has 0 aliphatic carbocycles. The summed E-state index contributed by atoms with van der Waals surface area (Å²) in [5.74, 6) is 0.250. The zero-order valence-corrected chi connectivity index (χ0v) is 17.1. The van der Waals surface area contributed by atoms with Gasteiger partial charge in [-0.25, -0.2) is 18.4 Å². The quantitative estimate of drug-likeness (QED) is 0.566. The third kappa shape index (κ3) is 5.45. The number of anilines is 2. The van der Waals surface area contributed by atoms with Crippen molar-refractivity contribution in [3.63, 3.8) is 0 Å². The number of benzene rings is 2. The fourth-order valence-electron chi connectivity index (χ4n) is 2.43. The normalized spacial score (nSPS) is 10.9. The first-order valence-corrected chi connectivity index (χ1v) is 10.3. The number of aromatic nitrogens is 2. The number of hydrogen-bond donors (Lipinski definition) is 2. The topological polar surface area (TPSA) is 120 Å². The van der Waals surface area contributed by atoms with Crippen LogP contribution in [0.5, 0.6) is 11.6 Å². The maximum atomic E-state index is 12.5. The Hall–Kier alpha value is -3.66. The number of hydrogen-bond acceptors (Lipinski definition) is 7. The highest BCUT2D eigenvalue weighted by molar-refractivity contribution is 7.92. The Morgan fingerprint density at radius 3 is 2.33 bits per heavy atom. The van der Waals surface area contributed by atoms with Crippen molar-refractivity contribution >= 4 is 27.4 Å². The summed E-state index contributed by atoms with van der Waals surface area (Å²) in [7, 11) is -2.55. The Kier molecular flexibility index (Phi) is 6.48. The molecule has 0 fully saturated rings. The van der Waals surface area contributed by atoms with E-state index in [2.05, 4.69) is 20.0 Å². The molecule has 0 spiro atoms. The van der Waals surface area contributed by atoms with E-state index in [1.165, 1.54) is 43.8 Å². The largest absolute Gasteiger partial charge is 0.484 e. The van der Waals surface area contributed by atoms with Crippen LogP contribution in [0.2, 0.25) is 0 Å². The van der Waals surface area contributed by atoms with E-state index in [0.29, 0.717) is 11.4 Å². The first-order valence-electron chi connectivity index (χ1n) is 8.84. The molecule has 1 aromatic heterocycles. The second kappa shape index (κ2) is 9.23. The first kappa shape index (κ1) is 21.1. The Morgan fingerprint density at radius 1 is 1.00 bits per heavy atom. The van der Waals surface area contributed by atoms with Gasteiger partial charge in [0.1, 0.15) is 5.75 Å². The van der Waals surface area contributed by atoms with Crippen LogP contribution in [0.15, 0.2) is 65.8 Å². The predicted molar refractivity (Wildman–Crippen MR) is 111 cm³/mol. The average Bonchev–Trinajstić information content (AvgIpc) is 2.74. The predicted octanol–water partition coefficient (Wildman–Crippen LogP) is 2.61. The molecule has 0 unspecified atom stereocenters. The van der Waals surface area contributed by atoms with Crippen LogP contribution < -0.4 is 19.5 Å². The van der Waals surface area contributed by atoms with E-state index in [1.54, 1.807) is 12.1 Å². The lowest BCUT2D eigenvalue weighted by Gasteiger charge is -2.11. The molecule has 0 saturated heterocycles. The maximum Gasteiger partial charge on any atom is 0.263 e. The van der Waals surface area contributed by atoms with Gasteiger partial charge in [0.15, 0.2) is 6.61 Å². The highest BCUT2D eigenvalue weighted by Crippen LogP contribution is 2.22. The lowest BCUT2D eigenvalue weighted by Crippen LogP contribution is -2.20. The zero-order chi connectivity index (χ0) is 21.6. The van der Waals surface area contributed by atoms with Crippen LogP contribution in [-0.2, 0) is 14.8 Å². The second-order valence-electron chi connectivity index (χ2n) is 6.19. The number of rotatable bonds is 8. The van der Waals surface area contributed by atoms with Gasteiger partial charge in [-0.1, -0.05) is 17.7 Å². The standard InChI is InChI=1S/C20H20N4O5S/c1-14-3-7-16(8-4-14)29-13-18(25)23-15-5-9-17(10-6-15)30(26,27)24-19-20(28-2)22-12-11-21-19/h3-12H,13H2,1-2H3,(H,21,24)(H,23,25). The molecule has 10 heteroatoms. The minimum Gasteiger partial charge on any atom is -0.484 e. The lowest BCUT2D eigenvalue weighted by molar-refractivity contribution is -0.118. The maximum absolute atomic E-state index is 12.5. The molecule has 2 aromatic carbocycles. The molecule has 156 valence electrons. The van der Waals surface area contributed by atoms with Crippen molar-refractivity contribution < 1.29 is 22.7 Å². The summed E-state index contributed by atoms with van der Waals surface area (Å²) in [5.41, 5.74) is 1.53. The molecule has 1 heterocycles. The Labute approximate surface area is 174 Å². The summed E-state index contributed by atoms with van der Waals surface area (Å²) in [6.07, 6.45) is 2.73. The molecule has 9 nitrogen and oxygen atoms in total. The number of carbonyl (C=O) groups excluding carboxylic acids is 1. The number of nitrogens with one attached hydrogen (secondary N) is 2. The van der Waals surface area contributed by atoms with Crippen LogP contribution >= 0.6 is 0 Å². The van der Waals surface area contributed by atoms with Gasteiger partial charge in [-0.2, -0.15) is 0 Å². The molecule has 2 N–H and O–H groups in total. The monoisotopic (exact) mass is 428 g/mol. The van der Waals surface area contributed by atoms with Gasteiger partial charge in [-0.3, -0.25) is 9.52 Å². The fraction of sp³-hybridized carbons (Fsp3) is 0.150. The highest BCUT2D eigenvalue weighted by Gasteiger charge is 2.18. The van der Waals surface area contributed by atoms with E-state index in [4.69, 9.17) is 9.47 Å². The zero-order valence-electron chi connectivity index (χ0n) is 16.3. The average molecular weight is 428 g/mol. The van der Waals surface area contributed by atoms with Crippen LogP contribution in [0, 0.1) is 6.92 Å². The number of nitrogens with zero attached hydrogens (tertiary/aromatic N) is 2. The molecule has 30 heavy (non-hydrogen) atoms. The van der Waals surface area contributed by atoms with Crippen molar-refractivity contribution in [1.82, 2.24) is 9.97 Å². The van der Waals surface area contributed by atoms with E-state index in [0.717, 1.165) is 5.56 Å². The van der Waals surface area contributed by atoms with Crippen molar-refractivity contribution in [3.8, 4) is 11.6 Å². The van der Waals surface area contributed by atoms with Crippen LogP contribution in [0.1, 0.15) is 5.56 Å². The van der Waals surface area contributed by atoms with Gasteiger partial charge in [0.25, 0.3) is 21.8 Å². The Balaban J connectivity index is 1.61. The SMILES string of the molecule is COc1nccnc1NS(=O)(=O)c1ccc(NC(=O)COc2ccc(C)cc2)cc1. The number of aryl methyl sites for hydroxylation is 1. The molecular formula is C20H20N4O5S. The van der Waals surface area contributed by atoms with Crippen molar-refractivity contribution in [2.75, 3.05) is 23.8 Å². The number of methoxy groups -OCH3 is 1. The molecule has 0 radical (unpaired) electrons. The summed E-state index contributed by atoms with van der Waals surface area (Å²) < 4.78 is 37.8. The van der Waals surface area contributed by atoms with E-state index in [1.807, 2.05) is 19.1 Å². The second-order valence-corrected chi connectivity index (χ2v) is 7.88. The first-order chi connectivity index (χ1) is 14.4. The molecular weight excluding hydrogens is 408 g/mol. The smallest absolute Gasteiger partial charge is 0.263 e. The molecule has 0 bridgehead atoms. The van der Waals surface area contributed by atoms with Gasteiger partial charge in [-0.15, -0.1) is 0 Å². The van der Waals surface area contributed by atoms with Gasteiger partial charge in [0.05, 0.1) is 12.0 Å². The third-order valence-electron chi connectivity index (χ3n) is 3.93. The van der Waals surface area contributed by atoms with Gasteiger partial charge < -0.3 is 14.8 Å². The molecule has 1 amide bonds. The summed E-state index contributed by atoms with van der Waals surface area (Å²) in [6, 6.07) is 13.0. The molecule has 3 rings (SSSR count). The van der Waals surface area contributed by atoms with Crippen molar-refractivity contribution in [1.29, 1.82) is 0 Å². The van der Waals surface area contributed by atoms with Crippen molar-refractivity contribution in [2.24, 2.45) is 0 Å². The highest BCUT2D eigenvalue weighted by atomic mass is 32.2. The van der Waals surface area contributed by atoms with Crippen LogP contribution in [0.3, 0.4) is 0 Å². The van der Waals surface area contributed by atoms with Crippen LogP contribution in [0.4, 0.5) is 11.5 Å². The summed E-state index contributed by atoms with van der Waals surface area (Å²) >= 11 is 0. The summed E-state index contributed by atoms with van der Waals surface area (Å²) in [6.45, 7) is 1.79. The number of amides is 1. The van der Waals surface area contributed by atoms with Crippen molar-refractivity contribution in [2.45, 2.75) is 11.8 Å². The number of sulfonamides is 1. The van der Waals surface area contributed by atoms with Gasteiger partial charge in [0, 0.05) is 18.1 Å². The number of ether oxygens (including phenoxy) is 2. The van der Waals surface area contributed by atoms with Gasteiger partial charge in [0.2, 0.25) is 5.82 Å². The Morgan fingerprint density at radius 2 is 1.67 bits per heavy atom. The molecule has 0 aliphatic rings. The molecule has 0 aliphatic heterocycles. The Bertz CT molecular complexity index is 1120. The summed E-state index contributed by atoms with van der Waals surface area (Å²) in [5, 5.41) is 2.65. The lowest BCUT2D eigenvalue weighted by atomic mass is 10.2. The van der Waals surface area contributed by atoms with E-state index >= 15 is 0 Å². The fourth-order valence-corrected chi connectivity index (χ4v) is 3.44. The van der Waals surface area contributed by atoms with Gasteiger partial charge in [-0.05, 0) is 43.3 Å². The van der Waals surface area contributed by atoms with E-state index < -0.39 is 10.0 Å². The minimum atomic E-state index is -3.91. The van der Waals surface area contributed by atoms with Crippen LogP contribution in [-0.4, -0.2) is 38.0 Å². The number of carbonyl (C=O) groups is 1.